The van der Waals surface area contributed by atoms with Crippen LogP contribution in [-0.2, 0) is 20.7 Å². The standard InChI is InChI=1S/C15H15BrN2O4S/c16-9-1-2-12-10(7-9)17-13(23-12)3-4-14(19)18-5-6-22-8-11(18)15(20)21/h1-2,7,11H,3-6,8H2,(H,20,21)/t11-/m0/s1. The van der Waals surface area contributed by atoms with Gasteiger partial charge in [-0.15, -0.1) is 11.3 Å². The van der Waals surface area contributed by atoms with Crippen LogP contribution in [0.1, 0.15) is 11.4 Å². The monoisotopic (exact) mass is 398 g/mol. The van der Waals surface area contributed by atoms with E-state index in [0.717, 1.165) is 19.7 Å². The Morgan fingerprint density at radius 2 is 2.30 bits per heavy atom. The predicted octanol–water partition coefficient (Wildman–Crippen LogP) is 2.30. The fraction of sp³-hybridized carbons (Fsp3) is 0.400. The maximum absolute atomic E-state index is 12.3. The highest BCUT2D eigenvalue weighted by Crippen LogP contribution is 2.26. The van der Waals surface area contributed by atoms with Crippen LogP contribution in [0.15, 0.2) is 22.7 Å². The zero-order valence-electron chi connectivity index (χ0n) is 12.2. The lowest BCUT2D eigenvalue weighted by atomic mass is 10.2. The molecule has 6 nitrogen and oxygen atoms in total. The third-order valence-electron chi connectivity index (χ3n) is 3.68. The lowest BCUT2D eigenvalue weighted by molar-refractivity contribution is -0.158. The zero-order valence-corrected chi connectivity index (χ0v) is 14.6. The number of carboxylic acids is 1. The number of hydrogen-bond acceptors (Lipinski definition) is 5. The third-order valence-corrected chi connectivity index (χ3v) is 5.27. The van der Waals surface area contributed by atoms with Gasteiger partial charge in [0.2, 0.25) is 5.91 Å². The summed E-state index contributed by atoms with van der Waals surface area (Å²) in [6.45, 7) is 0.753. The van der Waals surface area contributed by atoms with Crippen LogP contribution in [0.25, 0.3) is 10.2 Å². The molecule has 0 spiro atoms. The number of aliphatic carboxylic acids is 1. The number of carbonyl (C=O) groups is 2. The second kappa shape index (κ2) is 6.94. The van der Waals surface area contributed by atoms with Crippen molar-refractivity contribution in [3.63, 3.8) is 0 Å². The molecule has 3 rings (SSSR count). The number of benzene rings is 1. The number of carboxylic acid groups (broad SMARTS) is 1. The first kappa shape index (κ1) is 16.4. The molecule has 1 aromatic heterocycles. The van der Waals surface area contributed by atoms with Crippen molar-refractivity contribution in [3.8, 4) is 0 Å². The largest absolute Gasteiger partial charge is 0.480 e. The first-order valence-corrected chi connectivity index (χ1v) is 8.80. The number of thiazole rings is 1. The topological polar surface area (TPSA) is 79.7 Å². The van der Waals surface area contributed by atoms with E-state index in [2.05, 4.69) is 20.9 Å². The molecule has 122 valence electrons. The molecule has 1 atom stereocenters. The summed E-state index contributed by atoms with van der Waals surface area (Å²) in [5.41, 5.74) is 0.904. The molecule has 0 unspecified atom stereocenters. The van der Waals surface area contributed by atoms with E-state index in [-0.39, 0.29) is 18.9 Å². The van der Waals surface area contributed by atoms with Crippen molar-refractivity contribution < 1.29 is 19.4 Å². The van der Waals surface area contributed by atoms with E-state index in [9.17, 15) is 14.7 Å². The number of hydrogen-bond donors (Lipinski definition) is 1. The fourth-order valence-corrected chi connectivity index (χ4v) is 3.82. The van der Waals surface area contributed by atoms with Gasteiger partial charge < -0.3 is 14.7 Å². The SMILES string of the molecule is O=C(O)[C@@H]1COCCN1C(=O)CCc1nc2cc(Br)ccc2s1. The molecule has 23 heavy (non-hydrogen) atoms. The Hall–Kier alpha value is -1.51. The van der Waals surface area contributed by atoms with E-state index in [1.807, 2.05) is 18.2 Å². The number of halogens is 1. The molecular weight excluding hydrogens is 384 g/mol. The lowest BCUT2D eigenvalue weighted by Crippen LogP contribution is -2.52. The summed E-state index contributed by atoms with van der Waals surface area (Å²) < 4.78 is 7.19. The van der Waals surface area contributed by atoms with Crippen LogP contribution in [0.2, 0.25) is 0 Å². The summed E-state index contributed by atoms with van der Waals surface area (Å²) in [6.07, 6.45) is 0.768. The summed E-state index contributed by atoms with van der Waals surface area (Å²) in [5.74, 6) is -1.19. The second-order valence-electron chi connectivity index (χ2n) is 5.24. The second-order valence-corrected chi connectivity index (χ2v) is 7.27. The minimum Gasteiger partial charge on any atom is -0.480 e. The van der Waals surface area contributed by atoms with Crippen molar-refractivity contribution >= 4 is 49.4 Å². The molecule has 1 aromatic carbocycles. The van der Waals surface area contributed by atoms with E-state index in [4.69, 9.17) is 4.74 Å². The summed E-state index contributed by atoms with van der Waals surface area (Å²) in [5, 5.41) is 10.1. The Balaban J connectivity index is 1.66. The van der Waals surface area contributed by atoms with Gasteiger partial charge in [0.1, 0.15) is 0 Å². The number of ether oxygens (including phenoxy) is 1. The van der Waals surface area contributed by atoms with Crippen molar-refractivity contribution in [3.05, 3.63) is 27.7 Å². The van der Waals surface area contributed by atoms with Crippen LogP contribution in [0.3, 0.4) is 0 Å². The quantitative estimate of drug-likeness (QED) is 0.854. The maximum Gasteiger partial charge on any atom is 0.328 e. The molecule has 2 aromatic rings. The highest BCUT2D eigenvalue weighted by atomic mass is 79.9. The van der Waals surface area contributed by atoms with Crippen LogP contribution >= 0.6 is 27.3 Å². The number of amides is 1. The molecule has 0 aliphatic carbocycles. The van der Waals surface area contributed by atoms with Crippen LogP contribution < -0.4 is 0 Å². The summed E-state index contributed by atoms with van der Waals surface area (Å²) >= 11 is 4.97. The number of rotatable bonds is 4. The molecule has 1 aliphatic rings. The average Bonchev–Trinajstić information content (AvgIpc) is 2.94. The van der Waals surface area contributed by atoms with E-state index in [1.54, 1.807) is 11.3 Å². The average molecular weight is 399 g/mol. The van der Waals surface area contributed by atoms with Crippen molar-refractivity contribution in [2.45, 2.75) is 18.9 Å². The van der Waals surface area contributed by atoms with Crippen LogP contribution in [0, 0.1) is 0 Å². The minimum absolute atomic E-state index is 0.0518. The smallest absolute Gasteiger partial charge is 0.328 e. The molecular formula is C15H15BrN2O4S. The number of morpholine rings is 1. The van der Waals surface area contributed by atoms with Gasteiger partial charge in [0, 0.05) is 23.9 Å². The van der Waals surface area contributed by atoms with E-state index >= 15 is 0 Å². The van der Waals surface area contributed by atoms with Crippen molar-refractivity contribution in [2.75, 3.05) is 19.8 Å². The fourth-order valence-electron chi connectivity index (χ4n) is 2.52. The highest BCUT2D eigenvalue weighted by molar-refractivity contribution is 9.10. The summed E-state index contributed by atoms with van der Waals surface area (Å²) in [7, 11) is 0. The van der Waals surface area contributed by atoms with Gasteiger partial charge in [-0.25, -0.2) is 9.78 Å². The van der Waals surface area contributed by atoms with Gasteiger partial charge in [0.25, 0.3) is 0 Å². The Kier molecular flexibility index (Phi) is 4.93. The minimum atomic E-state index is -1.03. The van der Waals surface area contributed by atoms with Gasteiger partial charge in [-0.3, -0.25) is 4.79 Å². The van der Waals surface area contributed by atoms with Gasteiger partial charge in [-0.05, 0) is 18.2 Å². The Morgan fingerprint density at radius 3 is 3.09 bits per heavy atom. The normalized spacial score (nSPS) is 18.3. The van der Waals surface area contributed by atoms with Crippen molar-refractivity contribution in [1.29, 1.82) is 0 Å². The molecule has 0 saturated carbocycles. The first-order valence-electron chi connectivity index (χ1n) is 7.19. The number of nitrogens with zero attached hydrogens (tertiary/aromatic N) is 2. The molecule has 1 N–H and O–H groups in total. The van der Waals surface area contributed by atoms with Gasteiger partial charge >= 0.3 is 5.97 Å². The third kappa shape index (κ3) is 3.70. The van der Waals surface area contributed by atoms with Gasteiger partial charge in [0.15, 0.2) is 6.04 Å². The number of fused-ring (bicyclic) bond motifs is 1. The molecule has 2 heterocycles. The van der Waals surface area contributed by atoms with Gasteiger partial charge in [-0.1, -0.05) is 15.9 Å². The Bertz CT molecular complexity index is 748. The van der Waals surface area contributed by atoms with Crippen molar-refractivity contribution in [1.82, 2.24) is 9.88 Å². The molecule has 1 fully saturated rings. The van der Waals surface area contributed by atoms with Crippen LogP contribution in [0.5, 0.6) is 0 Å². The van der Waals surface area contributed by atoms with E-state index < -0.39 is 12.0 Å². The van der Waals surface area contributed by atoms with Crippen molar-refractivity contribution in [2.24, 2.45) is 0 Å². The zero-order chi connectivity index (χ0) is 16.4. The number of aromatic nitrogens is 1. The summed E-state index contributed by atoms with van der Waals surface area (Å²) in [4.78, 5) is 29.5. The maximum atomic E-state index is 12.3. The molecule has 8 heteroatoms. The first-order chi connectivity index (χ1) is 11.0. The summed E-state index contributed by atoms with van der Waals surface area (Å²) in [6, 6.07) is 5.01. The Morgan fingerprint density at radius 1 is 1.48 bits per heavy atom. The van der Waals surface area contributed by atoms with Gasteiger partial charge in [-0.2, -0.15) is 0 Å². The van der Waals surface area contributed by atoms with E-state index in [0.29, 0.717) is 19.6 Å². The van der Waals surface area contributed by atoms with Crippen LogP contribution in [-0.4, -0.2) is 52.7 Å². The van der Waals surface area contributed by atoms with E-state index in [1.165, 1.54) is 4.90 Å². The number of carbonyl (C=O) groups excluding carboxylic acids is 1. The molecule has 0 radical (unpaired) electrons. The molecule has 1 amide bonds. The molecule has 1 aliphatic heterocycles. The number of aryl methyl sites for hydroxylation is 1. The predicted molar refractivity (Wildman–Crippen MR) is 89.6 cm³/mol. The Labute approximate surface area is 145 Å². The highest BCUT2D eigenvalue weighted by Gasteiger charge is 2.32. The van der Waals surface area contributed by atoms with Crippen LogP contribution in [0.4, 0.5) is 0 Å². The molecule has 1 saturated heterocycles. The van der Waals surface area contributed by atoms with Gasteiger partial charge in [0.05, 0.1) is 28.4 Å². The lowest BCUT2D eigenvalue weighted by Gasteiger charge is -2.32. The molecule has 0 bridgehead atoms.